The van der Waals surface area contributed by atoms with Crippen LogP contribution < -0.4 is 0 Å². The number of halogens is 2. The maximum absolute atomic E-state index is 10.2. The predicted molar refractivity (Wildman–Crippen MR) is 27.2 cm³/mol. The molecule has 0 saturated carbocycles. The highest BCUT2D eigenvalue weighted by molar-refractivity contribution is 4.52. The van der Waals surface area contributed by atoms with Crippen molar-refractivity contribution in [2.75, 3.05) is 0 Å². The first-order chi connectivity index (χ1) is 3.33. The van der Waals surface area contributed by atoms with E-state index in [1.54, 1.807) is 6.08 Å². The van der Waals surface area contributed by atoms with Crippen LogP contribution in [0.2, 0.25) is 0 Å². The Labute approximate surface area is 42.2 Å². The van der Waals surface area contributed by atoms with Crippen molar-refractivity contribution in [3.63, 3.8) is 0 Å². The molecule has 2 heteroatoms. The van der Waals surface area contributed by atoms with Crippen LogP contribution >= 0.6 is 0 Å². The zero-order chi connectivity index (χ0) is 6.12. The fourth-order valence-electron chi connectivity index (χ4n) is 0. The summed E-state index contributed by atoms with van der Waals surface area (Å²) in [5.74, 6) is 0. The minimum atomic E-state index is -0.167. The largest absolute Gasteiger partial charge is 0.213 e. The van der Waals surface area contributed by atoms with E-state index in [4.69, 9.17) is 0 Å². The summed E-state index contributed by atoms with van der Waals surface area (Å²) in [7, 11) is 0. The Kier molecular flexibility index (Phi) is 25.2. The molecule has 0 aromatic heterocycles. The first-order valence-corrected chi connectivity index (χ1v) is 1.76. The summed E-state index contributed by atoms with van der Waals surface area (Å²) >= 11 is 0. The van der Waals surface area contributed by atoms with Gasteiger partial charge in [-0.1, -0.05) is 6.08 Å². The molecule has 0 aromatic rings. The van der Waals surface area contributed by atoms with Crippen molar-refractivity contribution >= 4 is 0 Å². The van der Waals surface area contributed by atoms with Crippen LogP contribution in [0, 0.1) is 0 Å². The molecule has 0 aliphatic carbocycles. The molecule has 0 aliphatic rings. The van der Waals surface area contributed by atoms with Crippen LogP contribution in [-0.4, -0.2) is 0 Å². The van der Waals surface area contributed by atoms with E-state index < -0.39 is 0 Å². The third-order valence-corrected chi connectivity index (χ3v) is 0.0476. The van der Waals surface area contributed by atoms with Gasteiger partial charge in [-0.05, 0) is 6.92 Å². The lowest BCUT2D eigenvalue weighted by Crippen LogP contribution is -1.18. The lowest BCUT2D eigenvalue weighted by atomic mass is 10.8. The second kappa shape index (κ2) is 18.4. The highest BCUT2D eigenvalue weighted by Gasteiger charge is 1.43. The molecule has 0 bridgehead atoms. The molecule has 0 aromatic carbocycles. The second-order valence-corrected chi connectivity index (χ2v) is 0.660. The van der Waals surface area contributed by atoms with Crippen LogP contribution in [0.5, 0.6) is 0 Å². The summed E-state index contributed by atoms with van der Waals surface area (Å²) in [6.45, 7) is 5.25. The first-order valence-electron chi connectivity index (χ1n) is 1.76. The number of allylic oxidation sites excluding steroid dienone is 1. The fourth-order valence-corrected chi connectivity index (χ4v) is 0. The average Bonchev–Trinajstić information content (AvgIpc) is 1.69. The van der Waals surface area contributed by atoms with Crippen LogP contribution in [0.4, 0.5) is 8.78 Å². The number of hydrogen-bond donors (Lipinski definition) is 0. The van der Waals surface area contributed by atoms with Gasteiger partial charge in [0.2, 0.25) is 0 Å². The molecule has 0 spiro atoms. The highest BCUT2D eigenvalue weighted by Crippen LogP contribution is 1.67. The molecule has 42 valence electrons. The standard InChI is InChI=1S/C3H6.C2H2F2/c1-3-2;3-1-2-4/h3H,1H2,2H3;1-2H. The van der Waals surface area contributed by atoms with Gasteiger partial charge in [0.05, 0.1) is 0 Å². The molecule has 0 fully saturated rings. The molecule has 0 atom stereocenters. The molecule has 0 N–H and O–H groups in total. The first kappa shape index (κ1) is 9.60. The third kappa shape index (κ3) is 515. The smallest absolute Gasteiger partial charge is 0.115 e. The fraction of sp³-hybridized carbons (Fsp3) is 0.200. The van der Waals surface area contributed by atoms with Crippen LogP contribution in [0.25, 0.3) is 0 Å². The van der Waals surface area contributed by atoms with Crippen molar-refractivity contribution in [3.05, 3.63) is 25.3 Å². The molecular formula is C5H8F2. The Morgan fingerprint density at radius 1 is 1.29 bits per heavy atom. The third-order valence-electron chi connectivity index (χ3n) is 0.0476. The Morgan fingerprint density at radius 2 is 1.43 bits per heavy atom. The molecule has 0 heterocycles. The summed E-state index contributed by atoms with van der Waals surface area (Å²) < 4.78 is 20.3. The Balaban J connectivity index is 0. The van der Waals surface area contributed by atoms with Crippen molar-refractivity contribution in [1.29, 1.82) is 0 Å². The molecule has 0 radical (unpaired) electrons. The van der Waals surface area contributed by atoms with E-state index in [-0.39, 0.29) is 12.7 Å². The summed E-state index contributed by atoms with van der Waals surface area (Å²) in [5, 5.41) is 0. The monoisotopic (exact) mass is 106 g/mol. The van der Waals surface area contributed by atoms with Gasteiger partial charge in [-0.15, -0.1) is 6.58 Å². The minimum Gasteiger partial charge on any atom is -0.213 e. The van der Waals surface area contributed by atoms with Gasteiger partial charge in [-0.2, -0.15) is 0 Å². The summed E-state index contributed by atoms with van der Waals surface area (Å²) in [6, 6.07) is 0. The van der Waals surface area contributed by atoms with Gasteiger partial charge in [0.1, 0.15) is 12.7 Å². The van der Waals surface area contributed by atoms with Gasteiger partial charge in [-0.3, -0.25) is 0 Å². The van der Waals surface area contributed by atoms with Gasteiger partial charge >= 0.3 is 0 Å². The molecule has 7 heavy (non-hydrogen) atoms. The van der Waals surface area contributed by atoms with Crippen LogP contribution in [0.3, 0.4) is 0 Å². The summed E-state index contributed by atoms with van der Waals surface area (Å²) in [6.07, 6.45) is 1.42. The molecule has 0 unspecified atom stereocenters. The molecule has 0 aliphatic heterocycles. The number of hydrogen-bond acceptors (Lipinski definition) is 0. The highest BCUT2D eigenvalue weighted by atomic mass is 19.2. The van der Waals surface area contributed by atoms with Crippen molar-refractivity contribution in [1.82, 2.24) is 0 Å². The van der Waals surface area contributed by atoms with Gasteiger partial charge in [0.15, 0.2) is 0 Å². The van der Waals surface area contributed by atoms with E-state index in [0.717, 1.165) is 0 Å². The Bertz CT molecular complexity index is 44.0. The zero-order valence-electron chi connectivity index (χ0n) is 4.20. The SMILES string of the molecule is C=CC.FC=CF. The van der Waals surface area contributed by atoms with Crippen molar-refractivity contribution < 1.29 is 8.78 Å². The van der Waals surface area contributed by atoms with Crippen LogP contribution in [-0.2, 0) is 0 Å². The van der Waals surface area contributed by atoms with E-state index in [2.05, 4.69) is 6.58 Å². The predicted octanol–water partition coefficient (Wildman–Crippen LogP) is 2.59. The molecule has 0 nitrogen and oxygen atoms in total. The normalized spacial score (nSPS) is 7.29. The summed E-state index contributed by atoms with van der Waals surface area (Å²) in [4.78, 5) is 0. The van der Waals surface area contributed by atoms with Gasteiger partial charge in [0.25, 0.3) is 0 Å². The Morgan fingerprint density at radius 3 is 1.43 bits per heavy atom. The van der Waals surface area contributed by atoms with Gasteiger partial charge in [0, 0.05) is 0 Å². The summed E-state index contributed by atoms with van der Waals surface area (Å²) in [5.41, 5.74) is 0. The molecular weight excluding hydrogens is 98.1 g/mol. The van der Waals surface area contributed by atoms with E-state index >= 15 is 0 Å². The maximum atomic E-state index is 10.2. The maximum Gasteiger partial charge on any atom is 0.115 e. The van der Waals surface area contributed by atoms with Gasteiger partial charge < -0.3 is 0 Å². The average molecular weight is 106 g/mol. The van der Waals surface area contributed by atoms with E-state index in [1.807, 2.05) is 6.92 Å². The van der Waals surface area contributed by atoms with E-state index in [9.17, 15) is 8.78 Å². The lowest BCUT2D eigenvalue weighted by molar-refractivity contribution is 0.645. The van der Waals surface area contributed by atoms with Crippen LogP contribution in [0.1, 0.15) is 6.92 Å². The van der Waals surface area contributed by atoms with Crippen LogP contribution in [0.15, 0.2) is 25.3 Å². The molecule has 0 saturated heterocycles. The lowest BCUT2D eigenvalue weighted by Gasteiger charge is -1.42. The topological polar surface area (TPSA) is 0 Å². The van der Waals surface area contributed by atoms with Gasteiger partial charge in [-0.25, -0.2) is 8.78 Å². The van der Waals surface area contributed by atoms with Crippen molar-refractivity contribution in [2.24, 2.45) is 0 Å². The zero-order valence-corrected chi connectivity index (χ0v) is 4.20. The number of rotatable bonds is 0. The minimum absolute atomic E-state index is 0.167. The Hall–Kier alpha value is -0.660. The molecule has 0 amide bonds. The van der Waals surface area contributed by atoms with E-state index in [0.29, 0.717) is 0 Å². The quantitative estimate of drug-likeness (QED) is 0.416. The van der Waals surface area contributed by atoms with Crippen molar-refractivity contribution in [2.45, 2.75) is 6.92 Å². The second-order valence-electron chi connectivity index (χ2n) is 0.660. The van der Waals surface area contributed by atoms with E-state index in [1.165, 1.54) is 0 Å². The molecule has 0 rings (SSSR count). The van der Waals surface area contributed by atoms with Crippen molar-refractivity contribution in [3.8, 4) is 0 Å².